The molecule has 6 N–H and O–H groups in total. The van der Waals surface area contributed by atoms with Gasteiger partial charge in [-0.25, -0.2) is 0 Å². The van der Waals surface area contributed by atoms with Crippen LogP contribution in [0.15, 0.2) is 5.11 Å². The maximum atomic E-state index is 13.2. The summed E-state index contributed by atoms with van der Waals surface area (Å²) in [4.78, 5) is 40.5. The SMILES string of the molecule is Cl.[N-]=[N+]=NCCOCCOCCOCCOCCOCCOCCC(=O)N(CCOCCOCCOCCOCCOCCOCCC(=O)NCCN)CCOCCOCCOCCOCCOCCOCCC(=O)NCCN. The molecule has 30 heteroatoms. The lowest BCUT2D eigenvalue weighted by atomic mass is 10.3. The summed E-state index contributed by atoms with van der Waals surface area (Å²) in [6.07, 6.45) is 0.769. The van der Waals surface area contributed by atoms with Crippen LogP contribution >= 0.6 is 12.4 Å². The van der Waals surface area contributed by atoms with Gasteiger partial charge in [-0.05, 0) is 5.53 Å². The van der Waals surface area contributed by atoms with Crippen molar-refractivity contribution in [1.29, 1.82) is 0 Å². The van der Waals surface area contributed by atoms with Crippen molar-refractivity contribution in [3.05, 3.63) is 10.4 Å². The molecule has 0 fully saturated rings. The van der Waals surface area contributed by atoms with Gasteiger partial charge >= 0.3 is 0 Å². The summed E-state index contributed by atoms with van der Waals surface area (Å²) in [5.74, 6) is -0.254. The van der Waals surface area contributed by atoms with Crippen LogP contribution in [0.5, 0.6) is 0 Å². The Labute approximate surface area is 474 Å². The van der Waals surface area contributed by atoms with Gasteiger partial charge in [0.25, 0.3) is 0 Å². The Bertz CT molecular complexity index is 1270. The molecular formula is C49H99ClN8O21. The number of hydrogen-bond donors (Lipinski definition) is 4. The van der Waals surface area contributed by atoms with E-state index in [1.807, 2.05) is 0 Å². The van der Waals surface area contributed by atoms with Crippen LogP contribution in [0.1, 0.15) is 19.3 Å². The first-order chi connectivity index (χ1) is 38.5. The highest BCUT2D eigenvalue weighted by molar-refractivity contribution is 5.85. The third-order valence-corrected chi connectivity index (χ3v) is 9.68. The van der Waals surface area contributed by atoms with Gasteiger partial charge in [0.05, 0.1) is 244 Å². The van der Waals surface area contributed by atoms with Crippen molar-refractivity contribution >= 4 is 30.1 Å². The van der Waals surface area contributed by atoms with E-state index < -0.39 is 0 Å². The molecule has 3 amide bonds. The van der Waals surface area contributed by atoms with Gasteiger partial charge in [-0.15, -0.1) is 12.4 Å². The molecule has 0 atom stereocenters. The molecular weight excluding hydrogens is 1070 g/mol. The van der Waals surface area contributed by atoms with Gasteiger partial charge in [0.15, 0.2) is 0 Å². The van der Waals surface area contributed by atoms with Gasteiger partial charge in [0, 0.05) is 63.6 Å². The summed E-state index contributed by atoms with van der Waals surface area (Å²) in [6.45, 7) is 17.0. The molecule has 0 aromatic heterocycles. The Hall–Kier alpha value is -2.79. The third kappa shape index (κ3) is 65.9. The number of amides is 3. The zero-order chi connectivity index (χ0) is 56.4. The van der Waals surface area contributed by atoms with E-state index in [9.17, 15) is 14.4 Å². The highest BCUT2D eigenvalue weighted by Crippen LogP contribution is 1.99. The first-order valence-corrected chi connectivity index (χ1v) is 27.2. The summed E-state index contributed by atoms with van der Waals surface area (Å²) in [5, 5.41) is 8.75. The summed E-state index contributed by atoms with van der Waals surface area (Å²) in [7, 11) is 0. The summed E-state index contributed by atoms with van der Waals surface area (Å²) in [5.41, 5.74) is 18.9. The van der Waals surface area contributed by atoms with Crippen LogP contribution in [0.25, 0.3) is 10.4 Å². The Kier molecular flexibility index (Phi) is 68.8. The van der Waals surface area contributed by atoms with E-state index in [0.717, 1.165) is 0 Å². The van der Waals surface area contributed by atoms with Crippen molar-refractivity contribution in [3.63, 3.8) is 0 Å². The smallest absolute Gasteiger partial charge is 0.225 e. The fraction of sp³-hybridized carbons (Fsp3) is 0.939. The minimum Gasteiger partial charge on any atom is -0.379 e. The van der Waals surface area contributed by atoms with Crippen LogP contribution in [0.2, 0.25) is 0 Å². The predicted octanol–water partition coefficient (Wildman–Crippen LogP) is -0.834. The first kappa shape index (κ1) is 78.3. The molecule has 0 heterocycles. The Morgan fingerprint density at radius 2 is 0.557 bits per heavy atom. The van der Waals surface area contributed by atoms with Crippen molar-refractivity contribution < 1.29 is 99.6 Å². The van der Waals surface area contributed by atoms with Crippen molar-refractivity contribution in [2.75, 3.05) is 284 Å². The van der Waals surface area contributed by atoms with Crippen molar-refractivity contribution in [1.82, 2.24) is 15.5 Å². The molecule has 0 unspecified atom stereocenters. The lowest BCUT2D eigenvalue weighted by molar-refractivity contribution is -0.134. The fourth-order valence-electron chi connectivity index (χ4n) is 5.71. The van der Waals surface area contributed by atoms with Crippen LogP contribution in [0, 0.1) is 0 Å². The maximum Gasteiger partial charge on any atom is 0.225 e. The molecule has 0 radical (unpaired) electrons. The Morgan fingerprint density at radius 1 is 0.342 bits per heavy atom. The van der Waals surface area contributed by atoms with Gasteiger partial charge in [-0.2, -0.15) is 0 Å². The number of nitrogens with two attached hydrogens (primary N) is 2. The Morgan fingerprint density at radius 3 is 0.797 bits per heavy atom. The molecule has 468 valence electrons. The average molecular weight is 1170 g/mol. The second-order valence-corrected chi connectivity index (χ2v) is 15.9. The number of nitrogens with zero attached hydrogens (tertiary/aromatic N) is 4. The van der Waals surface area contributed by atoms with Gasteiger partial charge in [-0.3, -0.25) is 14.4 Å². The summed E-state index contributed by atoms with van der Waals surface area (Å²) >= 11 is 0. The minimum absolute atomic E-state index is 0. The third-order valence-electron chi connectivity index (χ3n) is 9.68. The van der Waals surface area contributed by atoms with Gasteiger partial charge < -0.3 is 112 Å². The molecule has 0 saturated heterocycles. The number of azide groups is 1. The van der Waals surface area contributed by atoms with E-state index in [-0.39, 0.29) is 56.0 Å². The molecule has 0 spiro atoms. The van der Waals surface area contributed by atoms with Gasteiger partial charge in [0.1, 0.15) is 0 Å². The normalized spacial score (nSPS) is 11.2. The van der Waals surface area contributed by atoms with Gasteiger partial charge in [0.2, 0.25) is 17.7 Å². The van der Waals surface area contributed by atoms with Crippen LogP contribution < -0.4 is 22.1 Å². The number of carbonyl (C=O) groups is 3. The molecule has 0 aliphatic rings. The molecule has 0 aliphatic heterocycles. The number of carbonyl (C=O) groups excluding carboxylic acids is 3. The Balaban J connectivity index is 0. The summed E-state index contributed by atoms with van der Waals surface area (Å²) in [6, 6.07) is 0. The number of halogens is 1. The maximum absolute atomic E-state index is 13.2. The lowest BCUT2D eigenvalue weighted by Gasteiger charge is -2.23. The number of nitrogens with one attached hydrogen (secondary N) is 2. The van der Waals surface area contributed by atoms with E-state index in [0.29, 0.717) is 277 Å². The average Bonchev–Trinajstić information content (AvgIpc) is 3.44. The molecule has 0 rings (SSSR count). The van der Waals surface area contributed by atoms with Crippen molar-refractivity contribution in [3.8, 4) is 0 Å². The lowest BCUT2D eigenvalue weighted by Crippen LogP contribution is -2.37. The van der Waals surface area contributed by atoms with Crippen molar-refractivity contribution in [2.45, 2.75) is 19.3 Å². The molecule has 0 aromatic rings. The van der Waals surface area contributed by atoms with E-state index >= 15 is 0 Å². The molecule has 0 aromatic carbocycles. The molecule has 0 bridgehead atoms. The number of ether oxygens (including phenoxy) is 18. The fourth-order valence-corrected chi connectivity index (χ4v) is 5.71. The van der Waals surface area contributed by atoms with Crippen LogP contribution in [-0.2, 0) is 99.6 Å². The van der Waals surface area contributed by atoms with E-state index in [4.69, 9.17) is 102 Å². The highest BCUT2D eigenvalue weighted by Gasteiger charge is 2.14. The highest BCUT2D eigenvalue weighted by atomic mass is 35.5. The number of hydrogen-bond acceptors (Lipinski definition) is 24. The molecule has 0 aliphatic carbocycles. The standard InChI is InChI=1S/C49H98N8O21.ClH/c50-4-6-53-47(58)1-11-61-17-23-67-29-35-73-42-45-77-39-33-71-27-21-65-15-9-57(49(60)3-13-63-19-25-69-31-37-75-41-44-76-38-32-70-26-20-64-14-8-55-56-52)10-16-66-22-28-72-34-40-78-46-43-74-36-30-68-24-18-62-12-2-48(59)54-7-5-51;/h1-46,50-51H2,(H,53,58)(H,54,59);1H. The van der Waals surface area contributed by atoms with Crippen molar-refractivity contribution in [2.24, 2.45) is 16.6 Å². The molecule has 29 nitrogen and oxygen atoms in total. The molecule has 0 saturated carbocycles. The second kappa shape index (κ2) is 69.5. The molecule has 79 heavy (non-hydrogen) atoms. The zero-order valence-corrected chi connectivity index (χ0v) is 47.8. The minimum atomic E-state index is -0.0851. The van der Waals surface area contributed by atoms with Crippen LogP contribution in [-0.4, -0.2) is 306 Å². The quantitative estimate of drug-likeness (QED) is 0.0250. The van der Waals surface area contributed by atoms with E-state index in [1.165, 1.54) is 0 Å². The number of rotatable bonds is 67. The van der Waals surface area contributed by atoms with Crippen LogP contribution in [0.3, 0.4) is 0 Å². The predicted molar refractivity (Wildman–Crippen MR) is 291 cm³/mol. The largest absolute Gasteiger partial charge is 0.379 e. The zero-order valence-electron chi connectivity index (χ0n) is 47.0. The second-order valence-electron chi connectivity index (χ2n) is 15.9. The summed E-state index contributed by atoms with van der Waals surface area (Å²) < 4.78 is 99.3. The van der Waals surface area contributed by atoms with E-state index in [1.54, 1.807) is 4.90 Å². The topological polar surface area (TPSA) is 345 Å². The van der Waals surface area contributed by atoms with Gasteiger partial charge in [-0.1, -0.05) is 5.11 Å². The van der Waals surface area contributed by atoms with Crippen LogP contribution in [0.4, 0.5) is 0 Å². The monoisotopic (exact) mass is 1170 g/mol. The van der Waals surface area contributed by atoms with E-state index in [2.05, 4.69) is 20.7 Å². The first-order valence-electron chi connectivity index (χ1n) is 27.2.